The topological polar surface area (TPSA) is 46.6 Å². The molecule has 0 radical (unpaired) electrons. The van der Waals surface area contributed by atoms with Gasteiger partial charge in [-0.05, 0) is 31.2 Å². The Hall–Kier alpha value is -1.07. The lowest BCUT2D eigenvalue weighted by molar-refractivity contribution is 0.0989. The lowest BCUT2D eigenvalue weighted by atomic mass is 10.2. The molecular formula is C13H19NO3S. The molecule has 1 saturated heterocycles. The molecule has 1 aliphatic rings. The maximum Gasteiger partial charge on any atom is 0.178 e. The fourth-order valence-corrected chi connectivity index (χ4v) is 3.01. The molecule has 1 aromatic rings. The molecule has 4 nitrogen and oxygen atoms in total. The van der Waals surface area contributed by atoms with Crippen molar-refractivity contribution in [3.05, 3.63) is 24.3 Å². The third-order valence-corrected chi connectivity index (χ3v) is 5.03. The molecule has 5 heteroatoms. The van der Waals surface area contributed by atoms with E-state index >= 15 is 0 Å². The minimum Gasteiger partial charge on any atom is -0.377 e. The number of ether oxygens (including phenoxy) is 1. The van der Waals surface area contributed by atoms with Crippen LogP contribution in [0.2, 0.25) is 0 Å². The molecule has 0 aromatic heterocycles. The summed E-state index contributed by atoms with van der Waals surface area (Å²) in [5, 5.41) is 0. The summed E-state index contributed by atoms with van der Waals surface area (Å²) in [5.74, 6) is 0.139. The SMILES string of the molecule is CCS(=O)(=O)c1ccc(N2CCOC[C@H]2C)cc1. The number of rotatable bonds is 3. The second-order valence-corrected chi connectivity index (χ2v) is 6.79. The second-order valence-electron chi connectivity index (χ2n) is 4.51. The van der Waals surface area contributed by atoms with Crippen molar-refractivity contribution in [2.75, 3.05) is 30.4 Å². The summed E-state index contributed by atoms with van der Waals surface area (Å²) in [7, 11) is -3.10. The largest absolute Gasteiger partial charge is 0.377 e. The van der Waals surface area contributed by atoms with Crippen LogP contribution in [0.25, 0.3) is 0 Å². The Morgan fingerprint density at radius 1 is 1.33 bits per heavy atom. The summed E-state index contributed by atoms with van der Waals surface area (Å²) < 4.78 is 28.8. The Bertz CT molecular complexity index is 495. The number of benzene rings is 1. The number of nitrogens with zero attached hydrogens (tertiary/aromatic N) is 1. The van der Waals surface area contributed by atoms with E-state index in [9.17, 15) is 8.42 Å². The first-order valence-corrected chi connectivity index (χ1v) is 7.87. The number of anilines is 1. The summed E-state index contributed by atoms with van der Waals surface area (Å²) >= 11 is 0. The molecule has 1 atom stereocenters. The van der Waals surface area contributed by atoms with Crippen molar-refractivity contribution in [2.45, 2.75) is 24.8 Å². The molecular weight excluding hydrogens is 250 g/mol. The van der Waals surface area contributed by atoms with E-state index in [1.54, 1.807) is 19.1 Å². The first-order valence-electron chi connectivity index (χ1n) is 6.22. The maximum atomic E-state index is 11.7. The van der Waals surface area contributed by atoms with Crippen molar-refractivity contribution in [2.24, 2.45) is 0 Å². The predicted octanol–water partition coefficient (Wildman–Crippen LogP) is 1.71. The van der Waals surface area contributed by atoms with Crippen LogP contribution in [-0.4, -0.2) is 40.0 Å². The van der Waals surface area contributed by atoms with Crippen LogP contribution in [-0.2, 0) is 14.6 Å². The van der Waals surface area contributed by atoms with Gasteiger partial charge in [0.2, 0.25) is 0 Å². The van der Waals surface area contributed by atoms with Gasteiger partial charge in [0, 0.05) is 18.3 Å². The number of morpholine rings is 1. The molecule has 0 spiro atoms. The molecule has 1 fully saturated rings. The van der Waals surface area contributed by atoms with E-state index in [2.05, 4.69) is 11.8 Å². The standard InChI is InChI=1S/C13H19NO3S/c1-3-18(15,16)13-6-4-12(5-7-13)14-8-9-17-10-11(14)2/h4-7,11H,3,8-10H2,1-2H3/t11-/m1/s1. The highest BCUT2D eigenvalue weighted by atomic mass is 32.2. The van der Waals surface area contributed by atoms with E-state index in [-0.39, 0.29) is 5.75 Å². The van der Waals surface area contributed by atoms with Gasteiger partial charge in [-0.2, -0.15) is 0 Å². The third kappa shape index (κ3) is 2.67. The van der Waals surface area contributed by atoms with Gasteiger partial charge < -0.3 is 9.64 Å². The van der Waals surface area contributed by atoms with Gasteiger partial charge >= 0.3 is 0 Å². The van der Waals surface area contributed by atoms with E-state index < -0.39 is 9.84 Å². The first kappa shape index (κ1) is 13.4. The van der Waals surface area contributed by atoms with Gasteiger partial charge in [0.15, 0.2) is 9.84 Å². The van der Waals surface area contributed by atoms with Crippen molar-refractivity contribution in [1.29, 1.82) is 0 Å². The molecule has 0 unspecified atom stereocenters. The molecule has 0 saturated carbocycles. The minimum absolute atomic E-state index is 0.139. The normalized spacial score (nSPS) is 21.0. The molecule has 1 aliphatic heterocycles. The van der Waals surface area contributed by atoms with E-state index in [1.165, 1.54) is 0 Å². The average molecular weight is 269 g/mol. The zero-order valence-corrected chi connectivity index (χ0v) is 11.6. The molecule has 0 N–H and O–H groups in total. The first-order chi connectivity index (χ1) is 8.54. The van der Waals surface area contributed by atoms with E-state index in [0.717, 1.165) is 25.4 Å². The maximum absolute atomic E-state index is 11.7. The number of hydrogen-bond donors (Lipinski definition) is 0. The smallest absolute Gasteiger partial charge is 0.178 e. The summed E-state index contributed by atoms with van der Waals surface area (Å²) in [5.41, 5.74) is 1.06. The van der Waals surface area contributed by atoms with Crippen LogP contribution < -0.4 is 4.90 Å². The summed E-state index contributed by atoms with van der Waals surface area (Å²) in [6.45, 7) is 6.05. The third-order valence-electron chi connectivity index (χ3n) is 3.28. The van der Waals surface area contributed by atoms with E-state index in [1.807, 2.05) is 12.1 Å². The Morgan fingerprint density at radius 2 is 2.00 bits per heavy atom. The Balaban J connectivity index is 2.22. The van der Waals surface area contributed by atoms with Crippen molar-refractivity contribution in [1.82, 2.24) is 0 Å². The predicted molar refractivity (Wildman–Crippen MR) is 71.8 cm³/mol. The molecule has 18 heavy (non-hydrogen) atoms. The van der Waals surface area contributed by atoms with Crippen LogP contribution in [0.1, 0.15) is 13.8 Å². The van der Waals surface area contributed by atoms with Gasteiger partial charge in [0.25, 0.3) is 0 Å². The van der Waals surface area contributed by atoms with Gasteiger partial charge in [-0.3, -0.25) is 0 Å². The van der Waals surface area contributed by atoms with Crippen molar-refractivity contribution < 1.29 is 13.2 Å². The van der Waals surface area contributed by atoms with Crippen LogP contribution in [0, 0.1) is 0 Å². The van der Waals surface area contributed by atoms with Crippen molar-refractivity contribution >= 4 is 15.5 Å². The number of sulfone groups is 1. The van der Waals surface area contributed by atoms with Crippen LogP contribution in [0.5, 0.6) is 0 Å². The van der Waals surface area contributed by atoms with Crippen LogP contribution >= 0.6 is 0 Å². The van der Waals surface area contributed by atoms with Gasteiger partial charge in [-0.1, -0.05) is 6.92 Å². The number of hydrogen-bond acceptors (Lipinski definition) is 4. The molecule has 0 bridgehead atoms. The zero-order chi connectivity index (χ0) is 13.2. The molecule has 100 valence electrons. The molecule has 0 amide bonds. The second kappa shape index (κ2) is 5.28. The van der Waals surface area contributed by atoms with Gasteiger partial charge in [0.05, 0.1) is 23.9 Å². The van der Waals surface area contributed by atoms with Gasteiger partial charge in [0.1, 0.15) is 0 Å². The van der Waals surface area contributed by atoms with Crippen LogP contribution in [0.3, 0.4) is 0 Å². The Labute approximate surface area is 108 Å². The van der Waals surface area contributed by atoms with E-state index in [0.29, 0.717) is 10.9 Å². The highest BCUT2D eigenvalue weighted by Gasteiger charge is 2.19. The fourth-order valence-electron chi connectivity index (χ4n) is 2.12. The zero-order valence-electron chi connectivity index (χ0n) is 10.8. The molecule has 1 heterocycles. The molecule has 2 rings (SSSR count). The summed E-state index contributed by atoms with van der Waals surface area (Å²) in [4.78, 5) is 2.64. The Kier molecular flexibility index (Phi) is 3.92. The lowest BCUT2D eigenvalue weighted by Gasteiger charge is -2.35. The molecule has 1 aromatic carbocycles. The highest BCUT2D eigenvalue weighted by Crippen LogP contribution is 2.22. The van der Waals surface area contributed by atoms with Crippen molar-refractivity contribution in [3.8, 4) is 0 Å². The van der Waals surface area contributed by atoms with E-state index in [4.69, 9.17) is 4.74 Å². The molecule has 0 aliphatic carbocycles. The summed E-state index contributed by atoms with van der Waals surface area (Å²) in [6, 6.07) is 7.47. The van der Waals surface area contributed by atoms with Gasteiger partial charge in [-0.15, -0.1) is 0 Å². The summed E-state index contributed by atoms with van der Waals surface area (Å²) in [6.07, 6.45) is 0. The highest BCUT2D eigenvalue weighted by molar-refractivity contribution is 7.91. The lowest BCUT2D eigenvalue weighted by Crippen LogP contribution is -2.43. The van der Waals surface area contributed by atoms with Crippen LogP contribution in [0.15, 0.2) is 29.2 Å². The van der Waals surface area contributed by atoms with Crippen molar-refractivity contribution in [3.63, 3.8) is 0 Å². The monoisotopic (exact) mass is 269 g/mol. The van der Waals surface area contributed by atoms with Gasteiger partial charge in [-0.25, -0.2) is 8.42 Å². The minimum atomic E-state index is -3.10. The average Bonchev–Trinajstić information content (AvgIpc) is 2.39. The van der Waals surface area contributed by atoms with Crippen LogP contribution in [0.4, 0.5) is 5.69 Å². The quantitative estimate of drug-likeness (QED) is 0.838. The fraction of sp³-hybridized carbons (Fsp3) is 0.538. The Morgan fingerprint density at radius 3 is 2.56 bits per heavy atom.